The Bertz CT molecular complexity index is 246. The second kappa shape index (κ2) is 3.33. The molecule has 0 atom stereocenters. The van der Waals surface area contributed by atoms with Gasteiger partial charge in [-0.25, -0.2) is 4.98 Å². The zero-order chi connectivity index (χ0) is 7.40. The molecular weight excluding hydrogens is 144 g/mol. The second-order valence-corrected chi connectivity index (χ2v) is 2.69. The average Bonchev–Trinajstić information content (AvgIpc) is 2.31. The summed E-state index contributed by atoms with van der Waals surface area (Å²) >= 11 is 1.44. The highest BCUT2D eigenvalue weighted by atomic mass is 32.2. The van der Waals surface area contributed by atoms with Gasteiger partial charge in [0.1, 0.15) is 0 Å². The molecule has 2 nitrogen and oxygen atoms in total. The third-order valence-corrected chi connectivity index (χ3v) is 1.83. The number of terminal acetylenes is 1. The number of aromatic nitrogens is 2. The van der Waals surface area contributed by atoms with Crippen molar-refractivity contribution in [3.05, 3.63) is 17.7 Å². The first-order valence-corrected chi connectivity index (χ1v) is 3.89. The summed E-state index contributed by atoms with van der Waals surface area (Å²) in [6.07, 6.45) is 6.76. The van der Waals surface area contributed by atoms with Crippen molar-refractivity contribution in [2.45, 2.75) is 12.7 Å². The SMILES string of the molecule is C#CSCc1[nH]cnc1C. The molecule has 1 N–H and O–H groups in total. The maximum absolute atomic E-state index is 5.07. The minimum Gasteiger partial charge on any atom is -0.348 e. The molecule has 0 radical (unpaired) electrons. The van der Waals surface area contributed by atoms with Crippen LogP contribution < -0.4 is 0 Å². The number of nitrogens with one attached hydrogen (secondary N) is 1. The van der Waals surface area contributed by atoms with Crippen molar-refractivity contribution >= 4 is 11.8 Å². The molecule has 3 heteroatoms. The maximum Gasteiger partial charge on any atom is 0.0925 e. The molecule has 1 aromatic rings. The number of hydrogen-bond acceptors (Lipinski definition) is 2. The van der Waals surface area contributed by atoms with E-state index in [9.17, 15) is 0 Å². The fraction of sp³-hybridized carbons (Fsp3) is 0.286. The van der Waals surface area contributed by atoms with E-state index in [1.807, 2.05) is 6.92 Å². The number of rotatable bonds is 2. The van der Waals surface area contributed by atoms with E-state index in [1.54, 1.807) is 6.33 Å². The quantitative estimate of drug-likeness (QED) is 0.651. The Morgan fingerprint density at radius 1 is 1.90 bits per heavy atom. The number of nitrogens with zero attached hydrogens (tertiary/aromatic N) is 1. The van der Waals surface area contributed by atoms with Gasteiger partial charge in [0, 0.05) is 11.4 Å². The highest BCUT2D eigenvalue weighted by Crippen LogP contribution is 2.09. The Hall–Kier alpha value is -0.880. The standard InChI is InChI=1S/C7H8N2S/c1-3-10-4-7-6(2)8-5-9-7/h1,5H,4H2,2H3,(H,8,9). The van der Waals surface area contributed by atoms with Gasteiger partial charge in [-0.3, -0.25) is 0 Å². The lowest BCUT2D eigenvalue weighted by Gasteiger charge is -1.91. The number of thioether (sulfide) groups is 1. The third kappa shape index (κ3) is 1.55. The van der Waals surface area contributed by atoms with Gasteiger partial charge in [0.15, 0.2) is 0 Å². The molecule has 0 spiro atoms. The summed E-state index contributed by atoms with van der Waals surface area (Å²) in [4.78, 5) is 7.04. The average molecular weight is 152 g/mol. The van der Waals surface area contributed by atoms with E-state index in [4.69, 9.17) is 6.42 Å². The fourth-order valence-electron chi connectivity index (χ4n) is 0.649. The molecule has 10 heavy (non-hydrogen) atoms. The van der Waals surface area contributed by atoms with E-state index in [1.165, 1.54) is 11.8 Å². The van der Waals surface area contributed by atoms with Gasteiger partial charge < -0.3 is 4.98 Å². The Balaban J connectivity index is 2.59. The number of aromatic amines is 1. The Morgan fingerprint density at radius 2 is 2.70 bits per heavy atom. The Morgan fingerprint density at radius 3 is 3.20 bits per heavy atom. The molecule has 0 fully saturated rings. The van der Waals surface area contributed by atoms with Gasteiger partial charge >= 0.3 is 0 Å². The van der Waals surface area contributed by atoms with E-state index in [0.29, 0.717) is 0 Å². The van der Waals surface area contributed by atoms with E-state index in [2.05, 4.69) is 15.2 Å². The van der Waals surface area contributed by atoms with Crippen LogP contribution in [0.1, 0.15) is 11.4 Å². The molecule has 0 aliphatic carbocycles. The normalized spacial score (nSPS) is 9.20. The van der Waals surface area contributed by atoms with Crippen molar-refractivity contribution in [2.75, 3.05) is 0 Å². The zero-order valence-corrected chi connectivity index (χ0v) is 6.53. The molecular formula is C7H8N2S. The molecule has 1 heterocycles. The van der Waals surface area contributed by atoms with Crippen molar-refractivity contribution in [1.82, 2.24) is 9.97 Å². The number of H-pyrrole nitrogens is 1. The molecule has 0 aromatic carbocycles. The van der Waals surface area contributed by atoms with Crippen molar-refractivity contribution in [2.24, 2.45) is 0 Å². The summed E-state index contributed by atoms with van der Waals surface area (Å²) in [5.74, 6) is 0.822. The number of hydrogen-bond donors (Lipinski definition) is 1. The van der Waals surface area contributed by atoms with E-state index < -0.39 is 0 Å². The van der Waals surface area contributed by atoms with Gasteiger partial charge in [-0.05, 0) is 12.2 Å². The van der Waals surface area contributed by atoms with Crippen LogP contribution in [0.4, 0.5) is 0 Å². The van der Waals surface area contributed by atoms with Crippen LogP contribution in [0.5, 0.6) is 0 Å². The van der Waals surface area contributed by atoms with Crippen molar-refractivity contribution < 1.29 is 0 Å². The van der Waals surface area contributed by atoms with Gasteiger partial charge in [0.25, 0.3) is 0 Å². The van der Waals surface area contributed by atoms with Gasteiger partial charge in [-0.15, -0.1) is 6.42 Å². The van der Waals surface area contributed by atoms with Crippen LogP contribution in [-0.4, -0.2) is 9.97 Å². The zero-order valence-electron chi connectivity index (χ0n) is 5.72. The smallest absolute Gasteiger partial charge is 0.0925 e. The Labute approximate surface area is 64.4 Å². The molecule has 0 bridgehead atoms. The molecule has 0 aliphatic heterocycles. The van der Waals surface area contributed by atoms with E-state index in [0.717, 1.165) is 17.1 Å². The molecule has 0 unspecified atom stereocenters. The van der Waals surface area contributed by atoms with Crippen LogP contribution in [0.2, 0.25) is 0 Å². The summed E-state index contributed by atoms with van der Waals surface area (Å²) in [6, 6.07) is 0. The Kier molecular flexibility index (Phi) is 2.41. The lowest BCUT2D eigenvalue weighted by molar-refractivity contribution is 1.19. The summed E-state index contributed by atoms with van der Waals surface area (Å²) < 4.78 is 0. The molecule has 0 saturated heterocycles. The van der Waals surface area contributed by atoms with Crippen LogP contribution in [0.15, 0.2) is 6.33 Å². The third-order valence-electron chi connectivity index (χ3n) is 1.23. The largest absolute Gasteiger partial charge is 0.348 e. The maximum atomic E-state index is 5.07. The number of aryl methyl sites for hydroxylation is 1. The highest BCUT2D eigenvalue weighted by Gasteiger charge is 1.97. The number of imidazole rings is 1. The molecule has 0 amide bonds. The lowest BCUT2D eigenvalue weighted by atomic mass is 10.4. The first-order valence-electron chi connectivity index (χ1n) is 2.91. The van der Waals surface area contributed by atoms with Crippen LogP contribution in [0.25, 0.3) is 0 Å². The predicted octanol–water partition coefficient (Wildman–Crippen LogP) is 1.54. The fourth-order valence-corrected chi connectivity index (χ4v) is 1.17. The summed E-state index contributed by atoms with van der Waals surface area (Å²) in [7, 11) is 0. The summed E-state index contributed by atoms with van der Waals surface area (Å²) in [5, 5.41) is 2.50. The molecule has 1 aromatic heterocycles. The van der Waals surface area contributed by atoms with Crippen LogP contribution in [0, 0.1) is 18.6 Å². The molecule has 52 valence electrons. The topological polar surface area (TPSA) is 28.7 Å². The summed E-state index contributed by atoms with van der Waals surface area (Å²) in [6.45, 7) is 1.96. The summed E-state index contributed by atoms with van der Waals surface area (Å²) in [5.41, 5.74) is 2.14. The molecule has 1 rings (SSSR count). The first kappa shape index (κ1) is 7.23. The van der Waals surface area contributed by atoms with Crippen molar-refractivity contribution in [3.63, 3.8) is 0 Å². The molecule has 0 saturated carbocycles. The minimum absolute atomic E-state index is 0.822. The van der Waals surface area contributed by atoms with Crippen LogP contribution in [0.3, 0.4) is 0 Å². The van der Waals surface area contributed by atoms with Crippen LogP contribution >= 0.6 is 11.8 Å². The van der Waals surface area contributed by atoms with Crippen molar-refractivity contribution in [3.8, 4) is 11.7 Å². The van der Waals surface area contributed by atoms with Crippen molar-refractivity contribution in [1.29, 1.82) is 0 Å². The van der Waals surface area contributed by atoms with Gasteiger partial charge in [0.05, 0.1) is 12.0 Å². The minimum atomic E-state index is 0.822. The lowest BCUT2D eigenvalue weighted by Crippen LogP contribution is -1.81. The monoisotopic (exact) mass is 152 g/mol. The predicted molar refractivity (Wildman–Crippen MR) is 43.5 cm³/mol. The van der Waals surface area contributed by atoms with Crippen LogP contribution in [-0.2, 0) is 5.75 Å². The van der Waals surface area contributed by atoms with Gasteiger partial charge in [0.2, 0.25) is 0 Å². The first-order chi connectivity index (χ1) is 4.84. The second-order valence-electron chi connectivity index (χ2n) is 1.87. The highest BCUT2D eigenvalue weighted by molar-refractivity contribution is 8.03. The molecule has 0 aliphatic rings. The van der Waals surface area contributed by atoms with E-state index in [-0.39, 0.29) is 0 Å². The van der Waals surface area contributed by atoms with E-state index >= 15 is 0 Å². The van der Waals surface area contributed by atoms with Gasteiger partial charge in [-0.2, -0.15) is 0 Å². The van der Waals surface area contributed by atoms with Gasteiger partial charge in [-0.1, -0.05) is 11.8 Å².